The number of likely N-dealkylation sites (N-methyl/N-ethyl adjacent to an activating group) is 1. The number of para-hydroxylation sites is 1. The zero-order valence-corrected chi connectivity index (χ0v) is 16.1. The molecule has 25 heavy (non-hydrogen) atoms. The van der Waals surface area contributed by atoms with Crippen LogP contribution in [0.4, 0.5) is 10.8 Å². The Bertz CT molecular complexity index is 685. The molecule has 0 unspecified atom stereocenters. The van der Waals surface area contributed by atoms with Crippen molar-refractivity contribution < 1.29 is 4.79 Å². The Hall–Kier alpha value is -1.64. The molecule has 134 valence electrons. The highest BCUT2D eigenvalue weighted by Crippen LogP contribution is 2.31. The number of thioether (sulfide) groups is 1. The Morgan fingerprint density at radius 1 is 1.24 bits per heavy atom. The molecule has 3 rings (SSSR count). The van der Waals surface area contributed by atoms with E-state index < -0.39 is 0 Å². The summed E-state index contributed by atoms with van der Waals surface area (Å²) in [6, 6.07) is 9.88. The standard InChI is InChI=1S/C17H23N5OS2/c1-3-21-9-11-22(12-10-21)15(23)13(2)24-17-20-19-16(25-17)18-14-7-5-4-6-8-14/h4-8,13H,3,9-12H2,1-2H3,(H,18,19)/t13-/m1/s1. The minimum absolute atomic E-state index is 0.147. The van der Waals surface area contributed by atoms with Crippen molar-refractivity contribution in [1.82, 2.24) is 20.0 Å². The van der Waals surface area contributed by atoms with Crippen molar-refractivity contribution in [2.75, 3.05) is 38.0 Å². The molecule has 1 N–H and O–H groups in total. The van der Waals surface area contributed by atoms with Crippen molar-refractivity contribution in [3.8, 4) is 0 Å². The van der Waals surface area contributed by atoms with E-state index in [1.54, 1.807) is 0 Å². The summed E-state index contributed by atoms with van der Waals surface area (Å²) in [5.41, 5.74) is 0.980. The molecule has 1 atom stereocenters. The number of anilines is 2. The van der Waals surface area contributed by atoms with E-state index in [2.05, 4.69) is 27.3 Å². The summed E-state index contributed by atoms with van der Waals surface area (Å²) < 4.78 is 0.812. The lowest BCUT2D eigenvalue weighted by Crippen LogP contribution is -2.50. The first-order chi connectivity index (χ1) is 12.2. The van der Waals surface area contributed by atoms with Crippen molar-refractivity contribution in [3.05, 3.63) is 30.3 Å². The molecule has 1 aromatic heterocycles. The molecular weight excluding hydrogens is 354 g/mol. The van der Waals surface area contributed by atoms with E-state index in [0.29, 0.717) is 0 Å². The van der Waals surface area contributed by atoms with Gasteiger partial charge in [0.2, 0.25) is 11.0 Å². The molecule has 1 amide bonds. The van der Waals surface area contributed by atoms with Gasteiger partial charge in [0, 0.05) is 31.9 Å². The van der Waals surface area contributed by atoms with Crippen LogP contribution in [-0.2, 0) is 4.79 Å². The molecule has 6 nitrogen and oxygen atoms in total. The number of hydrogen-bond donors (Lipinski definition) is 1. The van der Waals surface area contributed by atoms with Crippen LogP contribution in [0.5, 0.6) is 0 Å². The second-order valence-corrected chi connectivity index (χ2v) is 8.45. The quantitative estimate of drug-likeness (QED) is 0.781. The van der Waals surface area contributed by atoms with Gasteiger partial charge in [-0.3, -0.25) is 4.79 Å². The predicted octanol–water partition coefficient (Wildman–Crippen LogP) is 2.93. The first-order valence-corrected chi connectivity index (χ1v) is 10.2. The fraction of sp³-hybridized carbons (Fsp3) is 0.471. The molecule has 1 saturated heterocycles. The highest BCUT2D eigenvalue weighted by Gasteiger charge is 2.25. The van der Waals surface area contributed by atoms with E-state index >= 15 is 0 Å². The van der Waals surface area contributed by atoms with Gasteiger partial charge in [0.25, 0.3) is 0 Å². The van der Waals surface area contributed by atoms with Crippen LogP contribution in [0.15, 0.2) is 34.7 Å². The molecule has 0 bridgehead atoms. The molecule has 1 fully saturated rings. The lowest BCUT2D eigenvalue weighted by molar-refractivity contribution is -0.132. The van der Waals surface area contributed by atoms with Crippen LogP contribution in [0, 0.1) is 0 Å². The normalized spacial score (nSPS) is 16.6. The van der Waals surface area contributed by atoms with E-state index in [0.717, 1.165) is 47.9 Å². The fourth-order valence-electron chi connectivity index (χ4n) is 2.70. The molecule has 0 spiro atoms. The average Bonchev–Trinajstić information content (AvgIpc) is 3.08. The molecular formula is C17H23N5OS2. The molecule has 0 saturated carbocycles. The Morgan fingerprint density at radius 2 is 1.96 bits per heavy atom. The fourth-order valence-corrected chi connectivity index (χ4v) is 4.70. The molecule has 0 aliphatic carbocycles. The van der Waals surface area contributed by atoms with Gasteiger partial charge in [-0.1, -0.05) is 48.2 Å². The van der Waals surface area contributed by atoms with Crippen LogP contribution in [-0.4, -0.2) is 63.9 Å². The third-order valence-corrected chi connectivity index (χ3v) is 6.20. The Morgan fingerprint density at radius 3 is 2.64 bits per heavy atom. The number of aromatic nitrogens is 2. The number of hydrogen-bond acceptors (Lipinski definition) is 7. The summed E-state index contributed by atoms with van der Waals surface area (Å²) in [5.74, 6) is 0.188. The van der Waals surface area contributed by atoms with Gasteiger partial charge in [-0.25, -0.2) is 0 Å². The lowest BCUT2D eigenvalue weighted by Gasteiger charge is -2.35. The number of carbonyl (C=O) groups is 1. The van der Waals surface area contributed by atoms with Gasteiger partial charge in [-0.2, -0.15) is 0 Å². The molecule has 2 aromatic rings. The first kappa shape index (κ1) is 18.2. The van der Waals surface area contributed by atoms with Gasteiger partial charge < -0.3 is 15.1 Å². The van der Waals surface area contributed by atoms with Crippen LogP contribution < -0.4 is 5.32 Å². The smallest absolute Gasteiger partial charge is 0.235 e. The summed E-state index contributed by atoms with van der Waals surface area (Å²) >= 11 is 2.96. The van der Waals surface area contributed by atoms with E-state index in [9.17, 15) is 4.79 Å². The van der Waals surface area contributed by atoms with Crippen molar-refractivity contribution in [2.24, 2.45) is 0 Å². The molecule has 2 heterocycles. The third-order valence-electron chi connectivity index (χ3n) is 4.19. The van der Waals surface area contributed by atoms with Crippen molar-refractivity contribution >= 4 is 39.8 Å². The highest BCUT2D eigenvalue weighted by atomic mass is 32.2. The topological polar surface area (TPSA) is 61.4 Å². The maximum atomic E-state index is 12.6. The average molecular weight is 378 g/mol. The molecule has 1 aromatic carbocycles. The largest absolute Gasteiger partial charge is 0.339 e. The van der Waals surface area contributed by atoms with Crippen LogP contribution in [0.1, 0.15) is 13.8 Å². The van der Waals surface area contributed by atoms with Crippen molar-refractivity contribution in [2.45, 2.75) is 23.4 Å². The van der Waals surface area contributed by atoms with Gasteiger partial charge in [0.1, 0.15) is 0 Å². The van der Waals surface area contributed by atoms with Gasteiger partial charge in [0.05, 0.1) is 5.25 Å². The Kier molecular flexibility index (Phi) is 6.28. The summed E-state index contributed by atoms with van der Waals surface area (Å²) in [6.07, 6.45) is 0. The Balaban J connectivity index is 1.53. The maximum absolute atomic E-state index is 12.6. The van der Waals surface area contributed by atoms with Crippen LogP contribution in [0.25, 0.3) is 0 Å². The zero-order valence-electron chi connectivity index (χ0n) is 14.5. The molecule has 1 aliphatic rings. The molecule has 8 heteroatoms. The number of benzene rings is 1. The second kappa shape index (κ2) is 8.64. The predicted molar refractivity (Wildman–Crippen MR) is 104 cm³/mol. The summed E-state index contributed by atoms with van der Waals surface area (Å²) in [5, 5.41) is 12.2. The number of piperazine rings is 1. The SMILES string of the molecule is CCN1CCN(C(=O)[C@@H](C)Sc2nnc(Nc3ccccc3)s2)CC1. The first-order valence-electron chi connectivity index (χ1n) is 8.49. The van der Waals surface area contributed by atoms with Gasteiger partial charge in [-0.05, 0) is 25.6 Å². The number of nitrogens with one attached hydrogen (secondary N) is 1. The zero-order chi connectivity index (χ0) is 17.6. The second-order valence-electron chi connectivity index (χ2n) is 5.88. The summed E-state index contributed by atoms with van der Waals surface area (Å²) in [4.78, 5) is 17.0. The van der Waals surface area contributed by atoms with Crippen molar-refractivity contribution in [3.63, 3.8) is 0 Å². The summed E-state index contributed by atoms with van der Waals surface area (Å²) in [6.45, 7) is 8.71. The molecule has 0 radical (unpaired) electrons. The van der Waals surface area contributed by atoms with Gasteiger partial charge in [-0.15, -0.1) is 10.2 Å². The number of rotatable bonds is 6. The van der Waals surface area contributed by atoms with Crippen molar-refractivity contribution in [1.29, 1.82) is 0 Å². The minimum atomic E-state index is -0.147. The monoisotopic (exact) mass is 377 g/mol. The number of nitrogens with zero attached hydrogens (tertiary/aromatic N) is 4. The van der Waals surface area contributed by atoms with Crippen LogP contribution in [0.3, 0.4) is 0 Å². The van der Waals surface area contributed by atoms with Crippen LogP contribution in [0.2, 0.25) is 0 Å². The van der Waals surface area contributed by atoms with E-state index in [4.69, 9.17) is 0 Å². The maximum Gasteiger partial charge on any atom is 0.235 e. The van der Waals surface area contributed by atoms with E-state index in [1.165, 1.54) is 23.1 Å². The summed E-state index contributed by atoms with van der Waals surface area (Å²) in [7, 11) is 0. The van der Waals surface area contributed by atoms with Gasteiger partial charge >= 0.3 is 0 Å². The minimum Gasteiger partial charge on any atom is -0.339 e. The van der Waals surface area contributed by atoms with Crippen LogP contribution >= 0.6 is 23.1 Å². The number of amides is 1. The lowest BCUT2D eigenvalue weighted by atomic mass is 10.3. The van der Waals surface area contributed by atoms with Gasteiger partial charge in [0.15, 0.2) is 4.34 Å². The van der Waals surface area contributed by atoms with E-state index in [1.807, 2.05) is 42.2 Å². The number of carbonyl (C=O) groups excluding carboxylic acids is 1. The van der Waals surface area contributed by atoms with E-state index in [-0.39, 0.29) is 11.2 Å². The highest BCUT2D eigenvalue weighted by molar-refractivity contribution is 8.02. The Labute approximate surface area is 156 Å². The third kappa shape index (κ3) is 4.93. The molecule has 1 aliphatic heterocycles.